The predicted molar refractivity (Wildman–Crippen MR) is 183 cm³/mol. The molecule has 48 heavy (non-hydrogen) atoms. The Morgan fingerprint density at radius 3 is 1.79 bits per heavy atom. The van der Waals surface area contributed by atoms with Gasteiger partial charge in [0, 0.05) is 17.0 Å². The number of aryl methyl sites for hydroxylation is 2. The lowest BCUT2D eigenvalue weighted by atomic mass is 9.89. The molecule has 0 fully saturated rings. The molecule has 0 aliphatic heterocycles. The van der Waals surface area contributed by atoms with Crippen LogP contribution in [0.4, 0.5) is 0 Å². The zero-order chi connectivity index (χ0) is 33.2. The summed E-state index contributed by atoms with van der Waals surface area (Å²) in [4.78, 5) is 41.3. The Bertz CT molecular complexity index is 2230. The minimum absolute atomic E-state index is 0.156. The van der Waals surface area contributed by atoms with Crippen LogP contribution in [-0.2, 0) is 11.3 Å². The van der Waals surface area contributed by atoms with Crippen LogP contribution in [-0.4, -0.2) is 25.5 Å². The quantitative estimate of drug-likeness (QED) is 0.165. The van der Waals surface area contributed by atoms with Crippen molar-refractivity contribution in [2.24, 2.45) is 0 Å². The van der Waals surface area contributed by atoms with Crippen LogP contribution in [0, 0.1) is 13.8 Å². The highest BCUT2D eigenvalue weighted by Gasteiger charge is 2.33. The van der Waals surface area contributed by atoms with Crippen LogP contribution in [0.5, 0.6) is 0 Å². The number of benzene rings is 4. The maximum Gasteiger partial charge on any atom is 0.338 e. The van der Waals surface area contributed by atoms with E-state index in [2.05, 4.69) is 10.2 Å². The molecule has 4 aromatic carbocycles. The second-order valence-corrected chi connectivity index (χ2v) is 11.5. The van der Waals surface area contributed by atoms with Gasteiger partial charge in [0.2, 0.25) is 0 Å². The molecule has 0 saturated carbocycles. The van der Waals surface area contributed by atoms with Crippen molar-refractivity contribution in [1.29, 1.82) is 0 Å². The third-order valence-corrected chi connectivity index (χ3v) is 8.35. The van der Waals surface area contributed by atoms with Crippen molar-refractivity contribution in [2.45, 2.75) is 26.4 Å². The number of aromatic amines is 2. The first-order chi connectivity index (χ1) is 23.4. The Morgan fingerprint density at radius 2 is 1.23 bits per heavy atom. The molecule has 0 spiro atoms. The molecule has 0 atom stereocenters. The Morgan fingerprint density at radius 1 is 0.688 bits per heavy atom. The van der Waals surface area contributed by atoms with E-state index in [1.807, 2.05) is 111 Å². The predicted octanol–water partition coefficient (Wildman–Crippen LogP) is 7.06. The van der Waals surface area contributed by atoms with Crippen molar-refractivity contribution >= 4 is 5.97 Å². The van der Waals surface area contributed by atoms with Crippen LogP contribution in [0.15, 0.2) is 141 Å². The maximum atomic E-state index is 14.2. The minimum atomic E-state index is -0.847. The molecule has 0 bridgehead atoms. The lowest BCUT2D eigenvalue weighted by molar-refractivity contribution is 0.0472. The molecule has 0 saturated heterocycles. The molecule has 3 aromatic heterocycles. The highest BCUT2D eigenvalue weighted by atomic mass is 16.5. The van der Waals surface area contributed by atoms with Gasteiger partial charge in [0.1, 0.15) is 18.1 Å². The van der Waals surface area contributed by atoms with E-state index in [1.165, 1.54) is 9.36 Å². The van der Waals surface area contributed by atoms with Crippen LogP contribution >= 0.6 is 0 Å². The minimum Gasteiger partial charge on any atom is -0.460 e. The van der Waals surface area contributed by atoms with E-state index in [0.717, 1.165) is 5.56 Å². The molecule has 238 valence electrons. The monoisotopic (exact) mass is 636 g/mol. The number of aromatic nitrogens is 4. The summed E-state index contributed by atoms with van der Waals surface area (Å²) in [7, 11) is 0. The van der Waals surface area contributed by atoms with E-state index in [0.29, 0.717) is 56.5 Å². The summed E-state index contributed by atoms with van der Waals surface area (Å²) < 4.78 is 15.0. The number of rotatable bonds is 9. The van der Waals surface area contributed by atoms with Crippen LogP contribution < -0.4 is 11.1 Å². The van der Waals surface area contributed by atoms with E-state index in [-0.39, 0.29) is 17.7 Å². The zero-order valence-electron chi connectivity index (χ0n) is 26.3. The lowest BCUT2D eigenvalue weighted by Gasteiger charge is -2.13. The largest absolute Gasteiger partial charge is 0.460 e. The Hall–Kier alpha value is -6.35. The smallest absolute Gasteiger partial charge is 0.338 e. The summed E-state index contributed by atoms with van der Waals surface area (Å²) in [6, 6.07) is 38.6. The summed E-state index contributed by atoms with van der Waals surface area (Å²) in [6.45, 7) is 3.79. The first kappa shape index (κ1) is 30.3. The second kappa shape index (κ2) is 12.8. The van der Waals surface area contributed by atoms with Crippen molar-refractivity contribution in [1.82, 2.24) is 19.6 Å². The number of esters is 1. The molecule has 7 rings (SSSR count). The molecule has 3 heterocycles. The Balaban J connectivity index is 1.30. The average Bonchev–Trinajstić information content (AvgIpc) is 3.82. The van der Waals surface area contributed by atoms with Gasteiger partial charge in [-0.3, -0.25) is 19.8 Å². The fourth-order valence-electron chi connectivity index (χ4n) is 6.01. The zero-order valence-corrected chi connectivity index (χ0v) is 26.3. The summed E-state index contributed by atoms with van der Waals surface area (Å²) >= 11 is 0. The van der Waals surface area contributed by atoms with Gasteiger partial charge in [-0.25, -0.2) is 14.2 Å². The van der Waals surface area contributed by atoms with Crippen molar-refractivity contribution in [2.75, 3.05) is 0 Å². The van der Waals surface area contributed by atoms with E-state index < -0.39 is 11.9 Å². The molecule has 0 aliphatic carbocycles. The lowest BCUT2D eigenvalue weighted by Crippen LogP contribution is -2.25. The Kier molecular flexibility index (Phi) is 8.09. The van der Waals surface area contributed by atoms with Gasteiger partial charge in [0.15, 0.2) is 0 Å². The number of H-pyrrole nitrogens is 2. The van der Waals surface area contributed by atoms with E-state index >= 15 is 0 Å². The molecule has 9 nitrogen and oxygen atoms in total. The van der Waals surface area contributed by atoms with Gasteiger partial charge in [0.25, 0.3) is 11.1 Å². The number of hydrogen-bond acceptors (Lipinski definition) is 5. The number of hydrogen-bond donors (Lipinski definition) is 2. The molecule has 7 aromatic rings. The molecule has 0 aliphatic rings. The van der Waals surface area contributed by atoms with Crippen LogP contribution in [0.3, 0.4) is 0 Å². The van der Waals surface area contributed by atoms with Gasteiger partial charge >= 0.3 is 5.97 Å². The second-order valence-electron chi connectivity index (χ2n) is 11.5. The maximum absolute atomic E-state index is 14.2. The third kappa shape index (κ3) is 5.73. The standard InChI is InChI=1S/C39H32N4O5/c1-25-34(37(44)42(40-25)30-17-8-4-9-18-30)36(35-26(2)41-43(38(35)45)31-19-10-5-11-20-31)33-22-21-32(48-33)28-15-12-16-29(23-28)39(46)47-24-27-13-6-3-7-14-27/h3-23,36,40-41H,24H2,1-2H3. The number of furan rings is 1. The highest BCUT2D eigenvalue weighted by Crippen LogP contribution is 2.36. The van der Waals surface area contributed by atoms with Gasteiger partial charge in [-0.2, -0.15) is 0 Å². The van der Waals surface area contributed by atoms with Gasteiger partial charge in [-0.05, 0) is 67.9 Å². The van der Waals surface area contributed by atoms with Crippen molar-refractivity contribution in [3.05, 3.63) is 188 Å². The highest BCUT2D eigenvalue weighted by molar-refractivity contribution is 5.90. The van der Waals surface area contributed by atoms with Gasteiger partial charge in [-0.1, -0.05) is 78.9 Å². The summed E-state index contributed by atoms with van der Waals surface area (Å²) in [5.74, 6) is -0.430. The number of ether oxygens (including phenoxy) is 1. The van der Waals surface area contributed by atoms with Crippen LogP contribution in [0.1, 0.15) is 50.1 Å². The van der Waals surface area contributed by atoms with Crippen molar-refractivity contribution < 1.29 is 13.9 Å². The third-order valence-electron chi connectivity index (χ3n) is 8.35. The fraction of sp³-hybridized carbons (Fsp3) is 0.103. The molecule has 9 heteroatoms. The van der Waals surface area contributed by atoms with Gasteiger partial charge in [-0.15, -0.1) is 0 Å². The number of carbonyl (C=O) groups excluding carboxylic acids is 1. The molecule has 0 unspecified atom stereocenters. The Labute approximate surface area is 275 Å². The topological polar surface area (TPSA) is 115 Å². The molecular weight excluding hydrogens is 604 g/mol. The van der Waals surface area contributed by atoms with Crippen molar-refractivity contribution in [3.8, 4) is 22.7 Å². The SMILES string of the molecule is Cc1[nH]n(-c2ccccc2)c(=O)c1C(c1ccc(-c2cccc(C(=O)OCc3ccccc3)c2)o1)c1c(C)[nH]n(-c2ccccc2)c1=O. The summed E-state index contributed by atoms with van der Waals surface area (Å²) in [5.41, 5.74) is 4.62. The molecule has 2 N–H and O–H groups in total. The number of para-hydroxylation sites is 2. The van der Waals surface area contributed by atoms with E-state index in [4.69, 9.17) is 9.15 Å². The summed E-state index contributed by atoms with van der Waals surface area (Å²) in [5, 5.41) is 6.40. The number of carbonyl (C=O) groups is 1. The fourth-order valence-corrected chi connectivity index (χ4v) is 6.01. The van der Waals surface area contributed by atoms with E-state index in [9.17, 15) is 14.4 Å². The normalized spacial score (nSPS) is 11.2. The molecule has 0 amide bonds. The van der Waals surface area contributed by atoms with E-state index in [1.54, 1.807) is 30.3 Å². The molecule has 0 radical (unpaired) electrons. The molecular formula is C39H32N4O5. The number of nitrogens with zero attached hydrogens (tertiary/aromatic N) is 2. The van der Waals surface area contributed by atoms with Gasteiger partial charge < -0.3 is 9.15 Å². The average molecular weight is 637 g/mol. The first-order valence-corrected chi connectivity index (χ1v) is 15.5. The first-order valence-electron chi connectivity index (χ1n) is 15.5. The van der Waals surface area contributed by atoms with Crippen LogP contribution in [0.2, 0.25) is 0 Å². The van der Waals surface area contributed by atoms with Crippen molar-refractivity contribution in [3.63, 3.8) is 0 Å². The van der Waals surface area contributed by atoms with Gasteiger partial charge in [0.05, 0.1) is 34.0 Å². The number of nitrogens with one attached hydrogen (secondary N) is 2. The summed E-state index contributed by atoms with van der Waals surface area (Å²) in [6.07, 6.45) is 0. The van der Waals surface area contributed by atoms with Crippen LogP contribution in [0.25, 0.3) is 22.7 Å².